The van der Waals surface area contributed by atoms with Gasteiger partial charge in [0.05, 0.1) is 11.7 Å². The highest BCUT2D eigenvalue weighted by atomic mass is 32.1. The number of aromatic nitrogens is 4. The van der Waals surface area contributed by atoms with E-state index in [1.54, 1.807) is 6.33 Å². The first-order valence-corrected chi connectivity index (χ1v) is 14.7. The van der Waals surface area contributed by atoms with Crippen LogP contribution < -0.4 is 5.32 Å². The van der Waals surface area contributed by atoms with Gasteiger partial charge >= 0.3 is 0 Å². The minimum absolute atomic E-state index is 0.104. The minimum atomic E-state index is -0.904. The van der Waals surface area contributed by atoms with Crippen molar-refractivity contribution in [3.05, 3.63) is 39.7 Å². The Hall–Kier alpha value is -2.78. The summed E-state index contributed by atoms with van der Waals surface area (Å²) in [6, 6.07) is -0.0711. The number of aryl methyl sites for hydroxylation is 2. The van der Waals surface area contributed by atoms with Crippen LogP contribution in [-0.4, -0.2) is 61.7 Å². The third-order valence-electron chi connectivity index (χ3n) is 9.47. The first kappa shape index (κ1) is 24.3. The number of alkyl halides is 1. The predicted octanol–water partition coefficient (Wildman–Crippen LogP) is 5.39. The van der Waals surface area contributed by atoms with E-state index in [4.69, 9.17) is 0 Å². The number of hydrogen-bond donors (Lipinski definition) is 2. The molecule has 0 aromatic carbocycles. The highest BCUT2D eigenvalue weighted by Crippen LogP contribution is 2.53. The summed E-state index contributed by atoms with van der Waals surface area (Å²) in [7, 11) is 0. The van der Waals surface area contributed by atoms with Crippen LogP contribution in [-0.2, 0) is 4.79 Å². The smallest absolute Gasteiger partial charge is 0.240 e. The van der Waals surface area contributed by atoms with E-state index in [1.165, 1.54) is 43.0 Å². The third-order valence-corrected chi connectivity index (χ3v) is 10.8. The SMILES string of the molecule is Cc1c(-c2[nH]c3sc([C@@H]4CC5C[C@H]4CN5C(=O)[C@H]4C[C@H](F)CN4)c(C)c3c2C(C)C)cn2ncnc2c1C. The number of thiophene rings is 1. The zero-order valence-corrected chi connectivity index (χ0v) is 23.5. The van der Waals surface area contributed by atoms with Crippen LogP contribution in [0.4, 0.5) is 4.39 Å². The zero-order valence-electron chi connectivity index (χ0n) is 22.6. The first-order chi connectivity index (χ1) is 18.2. The molecule has 7 nitrogen and oxygen atoms in total. The van der Waals surface area contributed by atoms with Crippen LogP contribution in [0, 0.1) is 26.7 Å². The number of amides is 1. The van der Waals surface area contributed by atoms with Crippen molar-refractivity contribution in [1.82, 2.24) is 29.8 Å². The maximum absolute atomic E-state index is 13.7. The minimum Gasteiger partial charge on any atom is -0.346 e. The van der Waals surface area contributed by atoms with Crippen LogP contribution in [0.15, 0.2) is 12.5 Å². The van der Waals surface area contributed by atoms with Gasteiger partial charge in [-0.15, -0.1) is 11.3 Å². The quantitative estimate of drug-likeness (QED) is 0.368. The van der Waals surface area contributed by atoms with Crippen molar-refractivity contribution in [3.8, 4) is 11.3 Å². The molecule has 9 heteroatoms. The highest BCUT2D eigenvalue weighted by molar-refractivity contribution is 7.19. The topological polar surface area (TPSA) is 78.3 Å². The van der Waals surface area contributed by atoms with Gasteiger partial charge in [-0.2, -0.15) is 5.10 Å². The van der Waals surface area contributed by atoms with Gasteiger partial charge < -0.3 is 15.2 Å². The lowest BCUT2D eigenvalue weighted by atomic mass is 9.88. The van der Waals surface area contributed by atoms with Crippen LogP contribution in [0.5, 0.6) is 0 Å². The fourth-order valence-electron chi connectivity index (χ4n) is 7.47. The van der Waals surface area contributed by atoms with E-state index in [0.717, 1.165) is 30.6 Å². The van der Waals surface area contributed by atoms with Gasteiger partial charge in [-0.05, 0) is 67.7 Å². The average Bonchev–Trinajstić information content (AvgIpc) is 3.71. The van der Waals surface area contributed by atoms with Crippen LogP contribution in [0.3, 0.4) is 0 Å². The summed E-state index contributed by atoms with van der Waals surface area (Å²) in [6.45, 7) is 12.2. The molecule has 2 bridgehead atoms. The van der Waals surface area contributed by atoms with Crippen molar-refractivity contribution >= 4 is 33.1 Å². The molecule has 7 rings (SSSR count). The van der Waals surface area contributed by atoms with Gasteiger partial charge in [-0.3, -0.25) is 4.79 Å². The van der Waals surface area contributed by atoms with Gasteiger partial charge in [0.1, 0.15) is 17.3 Å². The molecule has 0 spiro atoms. The number of nitrogens with zero attached hydrogens (tertiary/aromatic N) is 4. The molecule has 3 fully saturated rings. The fraction of sp³-hybridized carbons (Fsp3) is 0.552. The zero-order chi connectivity index (χ0) is 26.5. The van der Waals surface area contributed by atoms with Crippen LogP contribution in [0.2, 0.25) is 0 Å². The van der Waals surface area contributed by atoms with E-state index in [0.29, 0.717) is 30.7 Å². The van der Waals surface area contributed by atoms with Crippen LogP contribution in [0.25, 0.3) is 27.1 Å². The van der Waals surface area contributed by atoms with Gasteiger partial charge in [0.25, 0.3) is 0 Å². The monoisotopic (exact) mass is 534 g/mol. The second-order valence-electron chi connectivity index (χ2n) is 12.0. The number of aromatic amines is 1. The van der Waals surface area contributed by atoms with Gasteiger partial charge in [-0.1, -0.05) is 13.8 Å². The van der Waals surface area contributed by atoms with Crippen molar-refractivity contribution in [3.63, 3.8) is 0 Å². The number of hydrogen-bond acceptors (Lipinski definition) is 5. The molecule has 2 saturated heterocycles. The Bertz CT molecular complexity index is 1580. The van der Waals surface area contributed by atoms with E-state index < -0.39 is 6.17 Å². The van der Waals surface area contributed by atoms with E-state index in [9.17, 15) is 9.18 Å². The van der Waals surface area contributed by atoms with E-state index >= 15 is 0 Å². The molecule has 2 aliphatic heterocycles. The van der Waals surface area contributed by atoms with Gasteiger partial charge in [0.2, 0.25) is 5.91 Å². The first-order valence-electron chi connectivity index (χ1n) is 13.9. The molecule has 0 radical (unpaired) electrons. The molecule has 1 amide bonds. The summed E-state index contributed by atoms with van der Waals surface area (Å²) in [4.78, 5) is 26.1. The lowest BCUT2D eigenvalue weighted by Gasteiger charge is -2.33. The molecule has 2 N–H and O–H groups in total. The summed E-state index contributed by atoms with van der Waals surface area (Å²) in [5, 5.41) is 8.87. The van der Waals surface area contributed by atoms with E-state index in [1.807, 2.05) is 15.9 Å². The summed E-state index contributed by atoms with van der Waals surface area (Å²) in [5.41, 5.74) is 8.41. The molecular formula is C29H35FN6OS. The number of piperidine rings is 1. The molecule has 6 heterocycles. The molecule has 4 aromatic rings. The van der Waals surface area contributed by atoms with Crippen LogP contribution >= 0.6 is 11.3 Å². The van der Waals surface area contributed by atoms with Crippen LogP contribution in [0.1, 0.15) is 72.1 Å². The molecule has 1 unspecified atom stereocenters. The van der Waals surface area contributed by atoms with Gasteiger partial charge in [0.15, 0.2) is 5.65 Å². The van der Waals surface area contributed by atoms with Crippen molar-refractivity contribution in [1.29, 1.82) is 0 Å². The number of fused-ring (bicyclic) bond motifs is 4. The summed E-state index contributed by atoms with van der Waals surface area (Å²) >= 11 is 1.90. The second-order valence-corrected chi connectivity index (χ2v) is 13.0. The number of likely N-dealkylation sites (tertiary alicyclic amines) is 1. The lowest BCUT2D eigenvalue weighted by Crippen LogP contribution is -2.47. The van der Waals surface area contributed by atoms with Crippen molar-refractivity contribution < 1.29 is 9.18 Å². The Balaban J connectivity index is 1.23. The Morgan fingerprint density at radius 3 is 2.66 bits per heavy atom. The summed E-state index contributed by atoms with van der Waals surface area (Å²) in [5.74, 6) is 1.43. The number of pyridine rings is 1. The summed E-state index contributed by atoms with van der Waals surface area (Å²) in [6.07, 6.45) is 5.20. The number of rotatable bonds is 4. The van der Waals surface area contributed by atoms with Gasteiger partial charge in [0, 0.05) is 53.5 Å². The Kier molecular flexibility index (Phi) is 5.50. The maximum atomic E-state index is 13.7. The standard InChI is InChI=1S/C29H35FN6OS/c1-13(2)23-24-16(5)26(20-8-19-6-17(20)10-35(19)29(37)22-7-18(30)9-31-22)38-28(24)34-25(23)21-11-36-27(32-12-33-36)15(4)14(21)3/h11-13,17-20,22,31,34H,6-10H2,1-5H3/t17-,18-,19?,20+,22+/m0/s1. The molecular weight excluding hydrogens is 499 g/mol. The van der Waals surface area contributed by atoms with Crippen molar-refractivity contribution in [2.45, 2.75) is 84.0 Å². The molecule has 200 valence electrons. The fourth-order valence-corrected chi connectivity index (χ4v) is 8.91. The van der Waals surface area contributed by atoms with Gasteiger partial charge in [-0.25, -0.2) is 13.9 Å². The molecule has 1 aliphatic carbocycles. The third kappa shape index (κ3) is 3.43. The molecule has 5 atom stereocenters. The number of carbonyl (C=O) groups excluding carboxylic acids is 1. The largest absolute Gasteiger partial charge is 0.346 e. The Labute approximate surface area is 225 Å². The number of nitrogens with one attached hydrogen (secondary N) is 2. The molecule has 4 aromatic heterocycles. The number of H-pyrrole nitrogens is 1. The Morgan fingerprint density at radius 1 is 1.16 bits per heavy atom. The molecule has 1 saturated carbocycles. The second kappa shape index (κ2) is 8.61. The average molecular weight is 535 g/mol. The molecule has 38 heavy (non-hydrogen) atoms. The number of halogens is 1. The Morgan fingerprint density at radius 2 is 1.97 bits per heavy atom. The van der Waals surface area contributed by atoms with E-state index in [-0.39, 0.29) is 18.0 Å². The lowest BCUT2D eigenvalue weighted by molar-refractivity contribution is -0.134. The number of carbonyl (C=O) groups is 1. The summed E-state index contributed by atoms with van der Waals surface area (Å²) < 4.78 is 15.6. The predicted molar refractivity (Wildman–Crippen MR) is 149 cm³/mol. The van der Waals surface area contributed by atoms with E-state index in [2.05, 4.69) is 66.1 Å². The normalized spacial score (nSPS) is 27.1. The van der Waals surface area contributed by atoms with Crippen molar-refractivity contribution in [2.75, 3.05) is 13.1 Å². The maximum Gasteiger partial charge on any atom is 0.240 e. The van der Waals surface area contributed by atoms with Crippen molar-refractivity contribution in [2.24, 2.45) is 5.92 Å². The highest BCUT2D eigenvalue weighted by Gasteiger charge is 2.49. The molecule has 3 aliphatic rings.